The Kier molecular flexibility index (Phi) is 3.39. The number of hydrogen-bond acceptors (Lipinski definition) is 5. The van der Waals surface area contributed by atoms with E-state index in [0.29, 0.717) is 29.1 Å². The van der Waals surface area contributed by atoms with E-state index in [1.165, 1.54) is 0 Å². The highest BCUT2D eigenvalue weighted by Gasteiger charge is 2.45. The van der Waals surface area contributed by atoms with Crippen LogP contribution in [0.2, 0.25) is 0 Å². The molecule has 0 saturated carbocycles. The molecule has 2 aliphatic rings. The summed E-state index contributed by atoms with van der Waals surface area (Å²) in [5.74, 6) is -0.719. The van der Waals surface area contributed by atoms with Gasteiger partial charge in [0.2, 0.25) is 0 Å². The van der Waals surface area contributed by atoms with Gasteiger partial charge in [0.1, 0.15) is 6.61 Å². The van der Waals surface area contributed by atoms with Crippen LogP contribution in [-0.2, 0) is 28.3 Å². The van der Waals surface area contributed by atoms with E-state index in [0.717, 1.165) is 22.0 Å². The number of rotatable bonds is 2. The van der Waals surface area contributed by atoms with Gasteiger partial charge in [-0.05, 0) is 24.1 Å². The van der Waals surface area contributed by atoms with E-state index in [2.05, 4.69) is 6.58 Å². The van der Waals surface area contributed by atoms with Crippen molar-refractivity contribution in [3.05, 3.63) is 69.5 Å². The maximum atomic E-state index is 13.2. The Morgan fingerprint density at radius 1 is 1.32 bits per heavy atom. The standard InChI is InChI=1S/C22H18N2O4/c1-3-12-13-7-5-6-8-17(13)23-19-14(12)10-24-18(19)9-16-15(20(24)25)11-28-21(26)22(16,27)4-2/h3,5-9,27H,1,4,10-11H2,2H3/t22-/m0/s1. The average molecular weight is 374 g/mol. The first-order valence-corrected chi connectivity index (χ1v) is 9.20. The third-order valence-electron chi connectivity index (χ3n) is 5.84. The number of carbonyl (C=O) groups excluding carboxylic acids is 1. The molecule has 0 saturated heterocycles. The Bertz CT molecular complexity index is 1260. The van der Waals surface area contributed by atoms with Gasteiger partial charge >= 0.3 is 5.97 Å². The predicted molar refractivity (Wildman–Crippen MR) is 105 cm³/mol. The lowest BCUT2D eigenvalue weighted by Gasteiger charge is -2.31. The molecule has 6 heteroatoms. The zero-order chi connectivity index (χ0) is 19.6. The first kappa shape index (κ1) is 16.9. The third-order valence-corrected chi connectivity index (χ3v) is 5.84. The maximum Gasteiger partial charge on any atom is 0.343 e. The SMILES string of the molecule is C=Cc1c2c(nc3ccccc13)-c1cc3c(c(=O)n1C2)COC(=O)[C@]3(O)CC. The van der Waals surface area contributed by atoms with Crippen LogP contribution in [0.4, 0.5) is 0 Å². The van der Waals surface area contributed by atoms with Crippen LogP contribution in [0.5, 0.6) is 0 Å². The molecule has 0 fully saturated rings. The number of pyridine rings is 2. The van der Waals surface area contributed by atoms with Crippen molar-refractivity contribution < 1.29 is 14.6 Å². The van der Waals surface area contributed by atoms with Crippen molar-refractivity contribution in [2.75, 3.05) is 0 Å². The number of esters is 1. The van der Waals surface area contributed by atoms with Crippen LogP contribution in [0, 0.1) is 0 Å². The molecule has 1 aromatic carbocycles. The summed E-state index contributed by atoms with van der Waals surface area (Å²) < 4.78 is 6.74. The van der Waals surface area contributed by atoms with Gasteiger partial charge in [0.25, 0.3) is 5.56 Å². The van der Waals surface area contributed by atoms with Crippen LogP contribution in [0.25, 0.3) is 28.4 Å². The summed E-state index contributed by atoms with van der Waals surface area (Å²) in [6, 6.07) is 9.48. The van der Waals surface area contributed by atoms with E-state index in [-0.39, 0.29) is 18.6 Å². The Balaban J connectivity index is 1.86. The smallest absolute Gasteiger partial charge is 0.343 e. The fourth-order valence-corrected chi connectivity index (χ4v) is 4.29. The van der Waals surface area contributed by atoms with E-state index in [9.17, 15) is 14.7 Å². The Hall–Kier alpha value is -3.25. The zero-order valence-electron chi connectivity index (χ0n) is 15.4. The number of cyclic esters (lactones) is 1. The van der Waals surface area contributed by atoms with E-state index >= 15 is 0 Å². The molecule has 1 N–H and O–H groups in total. The van der Waals surface area contributed by atoms with Crippen molar-refractivity contribution in [1.82, 2.24) is 9.55 Å². The fourth-order valence-electron chi connectivity index (χ4n) is 4.29. The lowest BCUT2D eigenvalue weighted by atomic mass is 9.86. The number of nitrogens with zero attached hydrogens (tertiary/aromatic N) is 2. The van der Waals surface area contributed by atoms with Gasteiger partial charge in [-0.15, -0.1) is 0 Å². The molecule has 2 aromatic heterocycles. The second kappa shape index (κ2) is 5.62. The second-order valence-electron chi connectivity index (χ2n) is 7.18. The van der Waals surface area contributed by atoms with Crippen molar-refractivity contribution in [3.8, 4) is 11.4 Å². The van der Waals surface area contributed by atoms with Gasteiger partial charge in [-0.25, -0.2) is 9.78 Å². The van der Waals surface area contributed by atoms with Gasteiger partial charge in [-0.2, -0.15) is 0 Å². The lowest BCUT2D eigenvalue weighted by molar-refractivity contribution is -0.172. The molecule has 1 atom stereocenters. The van der Waals surface area contributed by atoms with Gasteiger partial charge in [0.15, 0.2) is 5.60 Å². The molecule has 0 aliphatic carbocycles. The molecular weight excluding hydrogens is 356 g/mol. The van der Waals surface area contributed by atoms with Gasteiger partial charge in [0, 0.05) is 16.5 Å². The highest BCUT2D eigenvalue weighted by atomic mass is 16.6. The summed E-state index contributed by atoms with van der Waals surface area (Å²) in [4.78, 5) is 30.2. The summed E-state index contributed by atoms with van der Waals surface area (Å²) in [6.07, 6.45) is 1.91. The van der Waals surface area contributed by atoms with E-state index < -0.39 is 11.6 Å². The van der Waals surface area contributed by atoms with Crippen LogP contribution in [0.1, 0.15) is 35.6 Å². The van der Waals surface area contributed by atoms with Crippen LogP contribution in [0.3, 0.4) is 0 Å². The molecular formula is C22H18N2O4. The molecule has 5 rings (SSSR count). The minimum atomic E-state index is -1.82. The van der Waals surface area contributed by atoms with Crippen molar-refractivity contribution in [1.29, 1.82) is 0 Å². The predicted octanol–water partition coefficient (Wildman–Crippen LogP) is 2.72. The van der Waals surface area contributed by atoms with E-state index in [1.807, 2.05) is 24.3 Å². The maximum absolute atomic E-state index is 13.2. The largest absolute Gasteiger partial charge is 0.458 e. The van der Waals surface area contributed by atoms with Crippen molar-refractivity contribution in [3.63, 3.8) is 0 Å². The summed E-state index contributed by atoms with van der Waals surface area (Å²) >= 11 is 0. The number of aliphatic hydroxyl groups is 1. The first-order valence-electron chi connectivity index (χ1n) is 9.20. The molecule has 0 radical (unpaired) electrons. The average Bonchev–Trinajstić information content (AvgIpc) is 3.08. The molecule has 6 nitrogen and oxygen atoms in total. The van der Waals surface area contributed by atoms with Crippen molar-refractivity contribution in [2.24, 2.45) is 0 Å². The molecule has 0 spiro atoms. The number of ether oxygens (including phenoxy) is 1. The number of para-hydroxylation sites is 1. The summed E-state index contributed by atoms with van der Waals surface area (Å²) in [5, 5.41) is 11.9. The minimum absolute atomic E-state index is 0.123. The van der Waals surface area contributed by atoms with Gasteiger partial charge in [-0.3, -0.25) is 4.79 Å². The number of hydrogen-bond donors (Lipinski definition) is 1. The topological polar surface area (TPSA) is 81.4 Å². The van der Waals surface area contributed by atoms with Crippen LogP contribution in [-0.4, -0.2) is 20.6 Å². The van der Waals surface area contributed by atoms with Crippen LogP contribution >= 0.6 is 0 Å². The number of carbonyl (C=O) groups is 1. The quantitative estimate of drug-likeness (QED) is 0.546. The van der Waals surface area contributed by atoms with Gasteiger partial charge in [0.05, 0.1) is 29.0 Å². The first-order chi connectivity index (χ1) is 13.5. The highest BCUT2D eigenvalue weighted by Crippen LogP contribution is 2.40. The molecule has 4 heterocycles. The summed E-state index contributed by atoms with van der Waals surface area (Å²) in [5.41, 5.74) is 2.53. The number of fused-ring (bicyclic) bond motifs is 5. The molecule has 2 aliphatic heterocycles. The Labute approximate surface area is 160 Å². The number of benzene rings is 1. The molecule has 0 amide bonds. The monoisotopic (exact) mass is 374 g/mol. The lowest BCUT2D eigenvalue weighted by Crippen LogP contribution is -2.44. The summed E-state index contributed by atoms with van der Waals surface area (Å²) in [6.45, 7) is 5.88. The van der Waals surface area contributed by atoms with E-state index in [1.54, 1.807) is 23.6 Å². The Morgan fingerprint density at radius 2 is 2.11 bits per heavy atom. The van der Waals surface area contributed by atoms with Crippen LogP contribution < -0.4 is 5.56 Å². The summed E-state index contributed by atoms with van der Waals surface area (Å²) in [7, 11) is 0. The highest BCUT2D eigenvalue weighted by molar-refractivity contribution is 5.93. The van der Waals surface area contributed by atoms with Crippen LogP contribution in [0.15, 0.2) is 41.7 Å². The zero-order valence-corrected chi connectivity index (χ0v) is 15.4. The molecule has 0 bridgehead atoms. The Morgan fingerprint density at radius 3 is 2.86 bits per heavy atom. The number of aromatic nitrogens is 2. The molecule has 28 heavy (non-hydrogen) atoms. The van der Waals surface area contributed by atoms with Crippen molar-refractivity contribution in [2.45, 2.75) is 32.1 Å². The van der Waals surface area contributed by atoms with Gasteiger partial charge < -0.3 is 14.4 Å². The molecule has 3 aromatic rings. The second-order valence-corrected chi connectivity index (χ2v) is 7.18. The normalized spacial score (nSPS) is 19.7. The van der Waals surface area contributed by atoms with E-state index in [4.69, 9.17) is 9.72 Å². The molecule has 140 valence electrons. The minimum Gasteiger partial charge on any atom is -0.458 e. The van der Waals surface area contributed by atoms with Gasteiger partial charge in [-0.1, -0.05) is 37.8 Å². The fraction of sp³-hybridized carbons (Fsp3) is 0.227. The third kappa shape index (κ3) is 1.98. The molecule has 0 unspecified atom stereocenters. The van der Waals surface area contributed by atoms with Crippen molar-refractivity contribution >= 4 is 22.9 Å².